The molecule has 0 radical (unpaired) electrons. The maximum atomic E-state index is 12.4. The van der Waals surface area contributed by atoms with Gasteiger partial charge in [-0.1, -0.05) is 53.4 Å². The maximum absolute atomic E-state index is 12.4. The maximum Gasteiger partial charge on any atom is 0.305 e. The van der Waals surface area contributed by atoms with Gasteiger partial charge in [0.2, 0.25) is 0 Å². The summed E-state index contributed by atoms with van der Waals surface area (Å²) in [6, 6.07) is 0. The minimum Gasteiger partial charge on any atom is -0.462 e. The lowest BCUT2D eigenvalue weighted by molar-refractivity contribution is -0.204. The average molecular weight is 393 g/mol. The van der Waals surface area contributed by atoms with Gasteiger partial charge in [0.1, 0.15) is 12.2 Å². The van der Waals surface area contributed by atoms with Crippen molar-refractivity contribution >= 4 is 11.9 Å². The van der Waals surface area contributed by atoms with E-state index in [1.54, 1.807) is 0 Å². The molecule has 160 valence electrons. The monoisotopic (exact) mass is 392 g/mol. The van der Waals surface area contributed by atoms with E-state index >= 15 is 0 Å². The van der Waals surface area contributed by atoms with Crippen molar-refractivity contribution in [3.8, 4) is 0 Å². The molecule has 4 heteroatoms. The molecule has 0 bridgehead atoms. The van der Waals surface area contributed by atoms with E-state index in [9.17, 15) is 9.59 Å². The molecule has 0 aromatic carbocycles. The summed E-state index contributed by atoms with van der Waals surface area (Å²) < 4.78 is 12.3. The highest BCUT2D eigenvalue weighted by Crippen LogP contribution is 2.55. The Hall–Kier alpha value is -1.06. The van der Waals surface area contributed by atoms with Crippen molar-refractivity contribution in [2.75, 3.05) is 0 Å². The first kappa shape index (κ1) is 21.6. The molecule has 3 saturated carbocycles. The van der Waals surface area contributed by atoms with Crippen molar-refractivity contribution in [3.05, 3.63) is 0 Å². The number of hydrogen-bond acceptors (Lipinski definition) is 4. The second-order valence-corrected chi connectivity index (χ2v) is 9.79. The summed E-state index contributed by atoms with van der Waals surface area (Å²) >= 11 is 0. The van der Waals surface area contributed by atoms with Crippen LogP contribution in [0.25, 0.3) is 0 Å². The molecule has 3 aliphatic carbocycles. The molecule has 0 amide bonds. The molecule has 3 fully saturated rings. The third-order valence-electron chi connectivity index (χ3n) is 7.56. The first-order valence-electron chi connectivity index (χ1n) is 11.8. The van der Waals surface area contributed by atoms with Gasteiger partial charge < -0.3 is 9.47 Å². The molecule has 7 atom stereocenters. The van der Waals surface area contributed by atoms with Gasteiger partial charge in [0.05, 0.1) is 0 Å². The zero-order valence-electron chi connectivity index (χ0n) is 18.3. The topological polar surface area (TPSA) is 52.6 Å². The van der Waals surface area contributed by atoms with E-state index in [4.69, 9.17) is 9.47 Å². The smallest absolute Gasteiger partial charge is 0.305 e. The van der Waals surface area contributed by atoms with E-state index in [1.165, 1.54) is 32.1 Å². The van der Waals surface area contributed by atoms with Crippen LogP contribution >= 0.6 is 0 Å². The van der Waals surface area contributed by atoms with Gasteiger partial charge in [0, 0.05) is 36.5 Å². The predicted octanol–water partition coefficient (Wildman–Crippen LogP) is 5.53. The van der Waals surface area contributed by atoms with Crippen molar-refractivity contribution in [2.45, 2.75) is 104 Å². The average Bonchev–Trinajstić information content (AvgIpc) is 2.69. The van der Waals surface area contributed by atoms with E-state index in [1.807, 2.05) is 13.8 Å². The van der Waals surface area contributed by atoms with E-state index in [2.05, 4.69) is 13.8 Å². The first-order chi connectivity index (χ1) is 13.5. The van der Waals surface area contributed by atoms with Crippen molar-refractivity contribution in [1.29, 1.82) is 0 Å². The van der Waals surface area contributed by atoms with Gasteiger partial charge in [-0.05, 0) is 37.5 Å². The van der Waals surface area contributed by atoms with Gasteiger partial charge in [0.25, 0.3) is 0 Å². The molecule has 0 aromatic rings. The summed E-state index contributed by atoms with van der Waals surface area (Å²) in [7, 11) is 0. The van der Waals surface area contributed by atoms with Crippen molar-refractivity contribution in [1.82, 2.24) is 0 Å². The molecule has 3 aliphatic rings. The highest BCUT2D eigenvalue weighted by Gasteiger charge is 2.56. The Bertz CT molecular complexity index is 543. The quantitative estimate of drug-likeness (QED) is 0.558. The Morgan fingerprint density at radius 3 is 1.89 bits per heavy atom. The van der Waals surface area contributed by atoms with Crippen LogP contribution in [-0.4, -0.2) is 24.1 Å². The second-order valence-electron chi connectivity index (χ2n) is 9.79. The van der Waals surface area contributed by atoms with Crippen LogP contribution in [-0.2, 0) is 19.1 Å². The Labute approximate surface area is 171 Å². The van der Waals surface area contributed by atoms with Gasteiger partial charge in [-0.25, -0.2) is 0 Å². The molecule has 0 saturated heterocycles. The molecule has 0 N–H and O–H groups in total. The molecular formula is C24H40O4. The highest BCUT2D eigenvalue weighted by molar-refractivity contribution is 5.69. The Balaban J connectivity index is 1.95. The lowest BCUT2D eigenvalue weighted by Gasteiger charge is -2.56. The van der Waals surface area contributed by atoms with Crippen LogP contribution in [0.2, 0.25) is 0 Å². The van der Waals surface area contributed by atoms with Crippen molar-refractivity contribution in [3.63, 3.8) is 0 Å². The van der Waals surface area contributed by atoms with E-state index < -0.39 is 0 Å². The predicted molar refractivity (Wildman–Crippen MR) is 110 cm³/mol. The van der Waals surface area contributed by atoms with Crippen LogP contribution in [0, 0.1) is 35.5 Å². The SMILES string of the molecule is CCC(=O)OC1C2CCCCC2C(OC(=O)CC)C2C(CC(C)C)CCCC12. The van der Waals surface area contributed by atoms with E-state index in [0.29, 0.717) is 48.3 Å². The number of fused-ring (bicyclic) bond motifs is 2. The van der Waals surface area contributed by atoms with Crippen LogP contribution in [0.5, 0.6) is 0 Å². The summed E-state index contributed by atoms with van der Waals surface area (Å²) in [6.07, 6.45) is 10.2. The lowest BCUT2D eigenvalue weighted by atomic mass is 9.53. The van der Waals surface area contributed by atoms with Crippen molar-refractivity contribution in [2.24, 2.45) is 35.5 Å². The number of carbonyl (C=O) groups is 2. The zero-order chi connectivity index (χ0) is 20.3. The zero-order valence-corrected chi connectivity index (χ0v) is 18.3. The van der Waals surface area contributed by atoms with E-state index in [0.717, 1.165) is 19.3 Å². The molecular weight excluding hydrogens is 352 g/mol. The van der Waals surface area contributed by atoms with Gasteiger partial charge in [-0.2, -0.15) is 0 Å². The normalized spacial score (nSPS) is 37.7. The van der Waals surface area contributed by atoms with Crippen LogP contribution < -0.4 is 0 Å². The van der Waals surface area contributed by atoms with Crippen LogP contribution in [0.4, 0.5) is 0 Å². The summed E-state index contributed by atoms with van der Waals surface area (Å²) in [5, 5.41) is 0. The molecule has 0 heterocycles. The number of esters is 2. The largest absolute Gasteiger partial charge is 0.462 e. The summed E-state index contributed by atoms with van der Waals surface area (Å²) in [5.41, 5.74) is 0. The number of rotatable bonds is 6. The number of carbonyl (C=O) groups excluding carboxylic acids is 2. The molecule has 0 aromatic heterocycles. The van der Waals surface area contributed by atoms with E-state index in [-0.39, 0.29) is 24.1 Å². The molecule has 0 spiro atoms. The molecule has 0 aliphatic heterocycles. The standard InChI is InChI=1S/C24H40O4/c1-5-20(25)27-23-17-11-7-8-12-18(17)24(28-21(26)6-2)22-16(14-15(3)4)10-9-13-19(22)23/h15-19,22-24H,5-14H2,1-4H3. The fourth-order valence-electron chi connectivity index (χ4n) is 6.54. The fraction of sp³-hybridized carbons (Fsp3) is 0.917. The first-order valence-corrected chi connectivity index (χ1v) is 11.8. The lowest BCUT2D eigenvalue weighted by Crippen LogP contribution is -2.58. The third-order valence-corrected chi connectivity index (χ3v) is 7.56. The third kappa shape index (κ3) is 4.57. The van der Waals surface area contributed by atoms with Crippen molar-refractivity contribution < 1.29 is 19.1 Å². The highest BCUT2D eigenvalue weighted by atomic mass is 16.6. The van der Waals surface area contributed by atoms with Gasteiger partial charge in [-0.3, -0.25) is 9.59 Å². The molecule has 3 rings (SSSR count). The van der Waals surface area contributed by atoms with Crippen LogP contribution in [0.15, 0.2) is 0 Å². The van der Waals surface area contributed by atoms with Gasteiger partial charge >= 0.3 is 11.9 Å². The number of hydrogen-bond donors (Lipinski definition) is 0. The van der Waals surface area contributed by atoms with Crippen LogP contribution in [0.1, 0.15) is 91.9 Å². The van der Waals surface area contributed by atoms with Crippen LogP contribution in [0.3, 0.4) is 0 Å². The summed E-state index contributed by atoms with van der Waals surface area (Å²) in [6.45, 7) is 8.35. The minimum atomic E-state index is -0.0666. The Morgan fingerprint density at radius 2 is 1.32 bits per heavy atom. The molecule has 4 nitrogen and oxygen atoms in total. The molecule has 7 unspecified atom stereocenters. The minimum absolute atomic E-state index is 0.0170. The van der Waals surface area contributed by atoms with Gasteiger partial charge in [-0.15, -0.1) is 0 Å². The number of ether oxygens (including phenoxy) is 2. The van der Waals surface area contributed by atoms with Gasteiger partial charge in [0.15, 0.2) is 0 Å². The Kier molecular flexibility index (Phi) is 7.44. The summed E-state index contributed by atoms with van der Waals surface area (Å²) in [5.74, 6) is 2.48. The second kappa shape index (κ2) is 9.63. The fourth-order valence-corrected chi connectivity index (χ4v) is 6.54. The molecule has 28 heavy (non-hydrogen) atoms. The Morgan fingerprint density at radius 1 is 0.786 bits per heavy atom. The summed E-state index contributed by atoms with van der Waals surface area (Å²) in [4.78, 5) is 24.6.